The Morgan fingerprint density at radius 2 is 2.19 bits per heavy atom. The molecule has 2 saturated heterocycles. The SMILES string of the molecule is COc1ncc(C2=C[C@H](C)CCC2)c2sc(NC(=O)N3CCC4(CCOCC4)C3)nc12. The summed E-state index contributed by atoms with van der Waals surface area (Å²) in [5, 5.41) is 3.65. The van der Waals surface area contributed by atoms with E-state index in [9.17, 15) is 4.79 Å². The molecule has 2 aliphatic heterocycles. The number of methoxy groups -OCH3 is 1. The van der Waals surface area contributed by atoms with Crippen LogP contribution in [0.3, 0.4) is 0 Å². The first kappa shape index (κ1) is 20.7. The van der Waals surface area contributed by atoms with Crippen LogP contribution in [0.15, 0.2) is 12.3 Å². The van der Waals surface area contributed by atoms with Crippen LogP contribution in [0.2, 0.25) is 0 Å². The molecule has 0 saturated carbocycles. The van der Waals surface area contributed by atoms with Crippen LogP contribution in [0.1, 0.15) is 51.0 Å². The molecule has 0 radical (unpaired) electrons. The number of hydrogen-bond acceptors (Lipinski definition) is 6. The molecule has 0 aromatic carbocycles. The molecule has 1 spiro atoms. The van der Waals surface area contributed by atoms with Crippen molar-refractivity contribution in [1.29, 1.82) is 0 Å². The standard InChI is InChI=1S/C23H30N4O3S/c1-15-4-3-5-16(12-15)17-13-24-20(29-2)18-19(17)31-21(25-18)26-22(28)27-9-6-23(14-27)7-10-30-11-8-23/h12-13,15H,3-11,14H2,1-2H3,(H,25,26,28)/t15-/m1/s1. The Labute approximate surface area is 186 Å². The lowest BCUT2D eigenvalue weighted by Crippen LogP contribution is -2.37. The highest BCUT2D eigenvalue weighted by atomic mass is 32.1. The summed E-state index contributed by atoms with van der Waals surface area (Å²) in [7, 11) is 1.61. The number of rotatable bonds is 3. The van der Waals surface area contributed by atoms with Gasteiger partial charge in [-0.05, 0) is 55.4 Å². The molecule has 0 bridgehead atoms. The van der Waals surface area contributed by atoms with E-state index in [4.69, 9.17) is 14.5 Å². The van der Waals surface area contributed by atoms with Gasteiger partial charge < -0.3 is 14.4 Å². The fourth-order valence-electron chi connectivity index (χ4n) is 5.16. The largest absolute Gasteiger partial charge is 0.479 e. The van der Waals surface area contributed by atoms with Crippen molar-refractivity contribution in [1.82, 2.24) is 14.9 Å². The summed E-state index contributed by atoms with van der Waals surface area (Å²) < 4.78 is 12.0. The summed E-state index contributed by atoms with van der Waals surface area (Å²) in [6.45, 7) is 5.45. The van der Waals surface area contributed by atoms with Crippen molar-refractivity contribution >= 4 is 38.3 Å². The summed E-state index contributed by atoms with van der Waals surface area (Å²) in [4.78, 5) is 24.1. The molecule has 8 heteroatoms. The number of fused-ring (bicyclic) bond motifs is 1. The van der Waals surface area contributed by atoms with Gasteiger partial charge in [0, 0.05) is 38.1 Å². The molecule has 0 unspecified atom stereocenters. The number of nitrogens with zero attached hydrogens (tertiary/aromatic N) is 3. The first-order valence-corrected chi connectivity index (χ1v) is 12.1. The van der Waals surface area contributed by atoms with Crippen LogP contribution in [-0.4, -0.2) is 54.3 Å². The normalized spacial score (nSPS) is 23.2. The van der Waals surface area contributed by atoms with E-state index in [2.05, 4.69) is 23.3 Å². The topological polar surface area (TPSA) is 76.6 Å². The molecule has 166 valence electrons. The van der Waals surface area contributed by atoms with Gasteiger partial charge in [0.1, 0.15) is 5.52 Å². The van der Waals surface area contributed by atoms with Crippen LogP contribution < -0.4 is 10.1 Å². The molecule has 2 aromatic heterocycles. The summed E-state index contributed by atoms with van der Waals surface area (Å²) in [5.41, 5.74) is 3.39. The fourth-order valence-corrected chi connectivity index (χ4v) is 6.15. The first-order valence-electron chi connectivity index (χ1n) is 11.3. The van der Waals surface area contributed by atoms with Crippen molar-refractivity contribution in [3.05, 3.63) is 17.8 Å². The number of thiazole rings is 1. The van der Waals surface area contributed by atoms with Gasteiger partial charge in [0.25, 0.3) is 0 Å². The smallest absolute Gasteiger partial charge is 0.323 e. The number of carbonyl (C=O) groups is 1. The highest BCUT2D eigenvalue weighted by Crippen LogP contribution is 2.41. The van der Waals surface area contributed by atoms with E-state index in [-0.39, 0.29) is 11.4 Å². The number of nitrogens with one attached hydrogen (secondary N) is 1. The second-order valence-electron chi connectivity index (χ2n) is 9.15. The lowest BCUT2D eigenvalue weighted by Gasteiger charge is -2.33. The van der Waals surface area contributed by atoms with Crippen LogP contribution in [0.5, 0.6) is 5.88 Å². The zero-order chi connectivity index (χ0) is 21.4. The number of aromatic nitrogens is 2. The third-order valence-corrected chi connectivity index (χ3v) is 8.01. The molecule has 3 aliphatic rings. The van der Waals surface area contributed by atoms with E-state index >= 15 is 0 Å². The molecular formula is C23H30N4O3S. The zero-order valence-corrected chi connectivity index (χ0v) is 19.1. The van der Waals surface area contributed by atoms with Crippen molar-refractivity contribution in [2.45, 2.75) is 45.4 Å². The summed E-state index contributed by atoms with van der Waals surface area (Å²) in [6, 6.07) is -0.0681. The Morgan fingerprint density at radius 3 is 2.97 bits per heavy atom. The molecule has 4 heterocycles. The van der Waals surface area contributed by atoms with Gasteiger partial charge in [-0.3, -0.25) is 5.32 Å². The number of anilines is 1. The van der Waals surface area contributed by atoms with Crippen molar-refractivity contribution in [2.24, 2.45) is 11.3 Å². The van der Waals surface area contributed by atoms with Crippen molar-refractivity contribution < 1.29 is 14.3 Å². The van der Waals surface area contributed by atoms with Gasteiger partial charge in [-0.1, -0.05) is 24.3 Å². The fraction of sp³-hybridized carbons (Fsp3) is 0.609. The predicted molar refractivity (Wildman–Crippen MR) is 123 cm³/mol. The van der Waals surface area contributed by atoms with Gasteiger partial charge in [-0.25, -0.2) is 14.8 Å². The summed E-state index contributed by atoms with van der Waals surface area (Å²) in [5.74, 6) is 1.07. The van der Waals surface area contributed by atoms with Gasteiger partial charge in [0.05, 0.1) is 11.8 Å². The van der Waals surface area contributed by atoms with Crippen LogP contribution in [0, 0.1) is 11.3 Å². The molecule has 1 atom stereocenters. The van der Waals surface area contributed by atoms with Crippen LogP contribution in [0.25, 0.3) is 15.8 Å². The minimum Gasteiger partial charge on any atom is -0.479 e. The minimum absolute atomic E-state index is 0.0681. The van der Waals surface area contributed by atoms with Gasteiger partial charge in [-0.2, -0.15) is 0 Å². The Kier molecular flexibility index (Phi) is 5.60. The van der Waals surface area contributed by atoms with E-state index in [1.54, 1.807) is 7.11 Å². The van der Waals surface area contributed by atoms with Crippen molar-refractivity contribution in [3.8, 4) is 5.88 Å². The van der Waals surface area contributed by atoms with E-state index in [0.29, 0.717) is 16.9 Å². The maximum Gasteiger partial charge on any atom is 0.323 e. The molecule has 2 fully saturated rings. The monoisotopic (exact) mass is 442 g/mol. The second kappa shape index (κ2) is 8.39. The lowest BCUT2D eigenvalue weighted by atomic mass is 9.80. The van der Waals surface area contributed by atoms with Gasteiger partial charge >= 0.3 is 6.03 Å². The number of carbonyl (C=O) groups excluding carboxylic acids is 1. The number of ether oxygens (including phenoxy) is 2. The van der Waals surface area contributed by atoms with Crippen LogP contribution >= 0.6 is 11.3 Å². The van der Waals surface area contributed by atoms with Gasteiger partial charge in [0.2, 0.25) is 5.88 Å². The first-order chi connectivity index (χ1) is 15.1. The lowest BCUT2D eigenvalue weighted by molar-refractivity contribution is 0.0211. The van der Waals surface area contributed by atoms with Gasteiger partial charge in [-0.15, -0.1) is 0 Å². The Hall–Kier alpha value is -2.19. The number of urea groups is 1. The molecular weight excluding hydrogens is 412 g/mol. The highest BCUT2D eigenvalue weighted by molar-refractivity contribution is 7.22. The summed E-state index contributed by atoms with van der Waals surface area (Å²) >= 11 is 1.51. The Morgan fingerprint density at radius 1 is 1.35 bits per heavy atom. The maximum absolute atomic E-state index is 13.0. The minimum atomic E-state index is -0.0681. The second-order valence-corrected chi connectivity index (χ2v) is 10.2. The number of amides is 2. The molecule has 1 aliphatic carbocycles. The van der Waals surface area contributed by atoms with Gasteiger partial charge in [0.15, 0.2) is 5.13 Å². The molecule has 5 rings (SSSR count). The van der Waals surface area contributed by atoms with Crippen molar-refractivity contribution in [2.75, 3.05) is 38.7 Å². The Bertz CT molecular complexity index is 1010. The summed E-state index contributed by atoms with van der Waals surface area (Å²) in [6.07, 6.45) is 10.8. The number of pyridine rings is 1. The van der Waals surface area contributed by atoms with E-state index in [0.717, 1.165) is 67.8 Å². The third-order valence-electron chi connectivity index (χ3n) is 7.01. The molecule has 1 N–H and O–H groups in total. The quantitative estimate of drug-likeness (QED) is 0.729. The molecule has 2 aromatic rings. The average Bonchev–Trinajstić information content (AvgIpc) is 3.38. The number of likely N-dealkylation sites (tertiary alicyclic amines) is 1. The Balaban J connectivity index is 1.39. The average molecular weight is 443 g/mol. The predicted octanol–water partition coefficient (Wildman–Crippen LogP) is 4.94. The van der Waals surface area contributed by atoms with E-state index in [1.165, 1.54) is 29.8 Å². The zero-order valence-electron chi connectivity index (χ0n) is 18.3. The van der Waals surface area contributed by atoms with Crippen LogP contribution in [-0.2, 0) is 4.74 Å². The van der Waals surface area contributed by atoms with Crippen molar-refractivity contribution in [3.63, 3.8) is 0 Å². The number of hydrogen-bond donors (Lipinski definition) is 1. The molecule has 7 nitrogen and oxygen atoms in total. The third kappa shape index (κ3) is 4.03. The number of allylic oxidation sites excluding steroid dienone is 2. The van der Waals surface area contributed by atoms with Crippen LogP contribution in [0.4, 0.5) is 9.93 Å². The van der Waals surface area contributed by atoms with E-state index < -0.39 is 0 Å². The van der Waals surface area contributed by atoms with E-state index in [1.807, 2.05) is 11.1 Å². The molecule has 2 amide bonds. The highest BCUT2D eigenvalue weighted by Gasteiger charge is 2.41. The maximum atomic E-state index is 13.0. The molecule has 31 heavy (non-hydrogen) atoms.